The Bertz CT molecular complexity index is 994. The molecule has 1 atom stereocenters. The molecule has 0 bridgehead atoms. The van der Waals surface area contributed by atoms with E-state index in [-0.39, 0.29) is 18.1 Å². The normalized spacial score (nSPS) is 22.2. The topological polar surface area (TPSA) is 91.5 Å². The number of nitrogens with zero attached hydrogens (tertiary/aromatic N) is 2. The van der Waals surface area contributed by atoms with Crippen molar-refractivity contribution in [1.29, 1.82) is 0 Å². The number of benzene rings is 1. The van der Waals surface area contributed by atoms with Crippen LogP contribution in [-0.4, -0.2) is 27.5 Å². The molecular weight excluding hydrogens is 432 g/mol. The molecule has 1 aromatic heterocycles. The van der Waals surface area contributed by atoms with E-state index in [4.69, 9.17) is 25.6 Å². The summed E-state index contributed by atoms with van der Waals surface area (Å²) in [5.41, 5.74) is -0.503. The van der Waals surface area contributed by atoms with Gasteiger partial charge >= 0.3 is 5.97 Å². The van der Waals surface area contributed by atoms with Crippen LogP contribution < -0.4 is 4.74 Å². The second-order valence-electron chi connectivity index (χ2n) is 9.43. The van der Waals surface area contributed by atoms with Crippen molar-refractivity contribution in [2.24, 2.45) is 5.92 Å². The van der Waals surface area contributed by atoms with E-state index < -0.39 is 17.2 Å². The predicted octanol–water partition coefficient (Wildman–Crippen LogP) is 5.11. The number of carbonyl (C=O) groups is 2. The van der Waals surface area contributed by atoms with Gasteiger partial charge in [0, 0.05) is 13.3 Å². The summed E-state index contributed by atoms with van der Waals surface area (Å²) < 4.78 is 17.0. The highest BCUT2D eigenvalue weighted by Gasteiger charge is 2.47. The lowest BCUT2D eigenvalue weighted by molar-refractivity contribution is -0.178. The van der Waals surface area contributed by atoms with Gasteiger partial charge in [-0.2, -0.15) is 4.98 Å². The first-order chi connectivity index (χ1) is 15.2. The molecule has 7 nitrogen and oxygen atoms in total. The highest BCUT2D eigenvalue weighted by Crippen LogP contribution is 2.44. The molecule has 0 spiro atoms. The third-order valence-corrected chi connectivity index (χ3v) is 6.81. The lowest BCUT2D eigenvalue weighted by Crippen LogP contribution is -2.48. The van der Waals surface area contributed by atoms with Gasteiger partial charge in [-0.3, -0.25) is 9.59 Å². The Morgan fingerprint density at radius 1 is 1.25 bits per heavy atom. The fourth-order valence-corrected chi connectivity index (χ4v) is 5.12. The van der Waals surface area contributed by atoms with Gasteiger partial charge in [-0.1, -0.05) is 35.7 Å². The van der Waals surface area contributed by atoms with Crippen molar-refractivity contribution in [3.05, 3.63) is 40.5 Å². The number of ketones is 1. The number of Topliss-reactive ketones (excluding diaryl/α,β-unsaturated/α-hetero) is 1. The van der Waals surface area contributed by atoms with Gasteiger partial charge in [-0.25, -0.2) is 0 Å². The summed E-state index contributed by atoms with van der Waals surface area (Å²) in [6.45, 7) is 5.42. The lowest BCUT2D eigenvalue weighted by Gasteiger charge is -2.41. The molecule has 1 aromatic carbocycles. The summed E-state index contributed by atoms with van der Waals surface area (Å²) in [5, 5.41) is 4.42. The summed E-state index contributed by atoms with van der Waals surface area (Å²) in [6.07, 6.45) is 5.71. The first kappa shape index (κ1) is 22.8. The number of halogens is 1. The largest absolute Gasteiger partial charge is 0.478 e. The van der Waals surface area contributed by atoms with Crippen molar-refractivity contribution in [2.45, 2.75) is 83.3 Å². The molecule has 2 fully saturated rings. The number of rotatable bonds is 7. The van der Waals surface area contributed by atoms with Crippen molar-refractivity contribution in [3.8, 4) is 5.75 Å². The molecule has 0 N–H and O–H groups in total. The van der Waals surface area contributed by atoms with Crippen LogP contribution in [-0.2, 0) is 26.3 Å². The number of hydrogen-bond acceptors (Lipinski definition) is 7. The Morgan fingerprint density at radius 2 is 2.00 bits per heavy atom. The van der Waals surface area contributed by atoms with E-state index in [0.29, 0.717) is 41.7 Å². The van der Waals surface area contributed by atoms with Crippen LogP contribution in [0.2, 0.25) is 5.02 Å². The van der Waals surface area contributed by atoms with E-state index in [0.717, 1.165) is 31.2 Å². The Labute approximate surface area is 192 Å². The Balaban J connectivity index is 1.48. The van der Waals surface area contributed by atoms with Crippen LogP contribution in [0.1, 0.15) is 76.1 Å². The fourth-order valence-electron chi connectivity index (χ4n) is 4.88. The van der Waals surface area contributed by atoms with Gasteiger partial charge < -0.3 is 14.0 Å². The zero-order chi connectivity index (χ0) is 22.9. The molecular formula is C24H29ClN2O5. The molecule has 2 aliphatic rings. The Morgan fingerprint density at radius 3 is 2.62 bits per heavy atom. The Kier molecular flexibility index (Phi) is 6.30. The molecule has 0 amide bonds. The highest BCUT2D eigenvalue weighted by atomic mass is 35.5. The van der Waals surface area contributed by atoms with E-state index in [1.165, 1.54) is 0 Å². The maximum Gasteiger partial charge on any atom is 0.313 e. The number of hydrogen-bond donors (Lipinski definition) is 0. The van der Waals surface area contributed by atoms with Crippen molar-refractivity contribution in [2.75, 3.05) is 0 Å². The standard InChI is InChI=1S/C24H29ClN2O5/c1-15-26-22(27-32-15)23(2,3)30-20-9-8-16(12-19(20)25)10-11-24(17-6-4-5-7-17)14-18(28)13-21(29)31-24/h8-9,12,17H,4-7,10-11,13-14H2,1-3H3. The molecule has 4 rings (SSSR count). The van der Waals surface area contributed by atoms with E-state index in [9.17, 15) is 9.59 Å². The van der Waals surface area contributed by atoms with Gasteiger partial charge in [0.05, 0.1) is 5.02 Å². The van der Waals surface area contributed by atoms with E-state index in [1.54, 1.807) is 6.92 Å². The molecule has 2 heterocycles. The maximum atomic E-state index is 12.3. The molecule has 1 saturated carbocycles. The number of aromatic nitrogens is 2. The van der Waals surface area contributed by atoms with Crippen molar-refractivity contribution >= 4 is 23.4 Å². The number of cyclic esters (lactones) is 1. The van der Waals surface area contributed by atoms with Crippen LogP contribution in [0.15, 0.2) is 22.7 Å². The van der Waals surface area contributed by atoms with Crippen molar-refractivity contribution in [1.82, 2.24) is 10.1 Å². The summed E-state index contributed by atoms with van der Waals surface area (Å²) in [5.74, 6) is 1.26. The number of esters is 1. The van der Waals surface area contributed by atoms with Crippen molar-refractivity contribution in [3.63, 3.8) is 0 Å². The number of aryl methyl sites for hydroxylation is 2. The van der Waals surface area contributed by atoms with Crippen LogP contribution in [0.5, 0.6) is 5.75 Å². The molecule has 1 aliphatic carbocycles. The molecule has 1 saturated heterocycles. The molecule has 32 heavy (non-hydrogen) atoms. The predicted molar refractivity (Wildman–Crippen MR) is 117 cm³/mol. The molecule has 2 aromatic rings. The fraction of sp³-hybridized carbons (Fsp3) is 0.583. The minimum atomic E-state index is -0.813. The minimum absolute atomic E-state index is 0.0196. The summed E-state index contributed by atoms with van der Waals surface area (Å²) >= 11 is 6.53. The quantitative estimate of drug-likeness (QED) is 0.418. The van der Waals surface area contributed by atoms with Crippen LogP contribution in [0, 0.1) is 12.8 Å². The van der Waals surface area contributed by atoms with Crippen LogP contribution in [0.4, 0.5) is 0 Å². The lowest BCUT2D eigenvalue weighted by atomic mass is 9.76. The van der Waals surface area contributed by atoms with E-state index >= 15 is 0 Å². The van der Waals surface area contributed by atoms with E-state index in [1.807, 2.05) is 32.0 Å². The zero-order valence-corrected chi connectivity index (χ0v) is 19.5. The van der Waals surface area contributed by atoms with Gasteiger partial charge in [0.1, 0.15) is 23.6 Å². The average Bonchev–Trinajstić information content (AvgIpc) is 3.40. The smallest absolute Gasteiger partial charge is 0.313 e. The van der Waals surface area contributed by atoms with E-state index in [2.05, 4.69) is 10.1 Å². The molecule has 0 radical (unpaired) electrons. The zero-order valence-electron chi connectivity index (χ0n) is 18.8. The summed E-state index contributed by atoms with van der Waals surface area (Å²) in [7, 11) is 0. The maximum absolute atomic E-state index is 12.3. The summed E-state index contributed by atoms with van der Waals surface area (Å²) in [6, 6.07) is 5.64. The van der Waals surface area contributed by atoms with Gasteiger partial charge in [-0.05, 0) is 63.1 Å². The molecule has 1 aliphatic heterocycles. The monoisotopic (exact) mass is 460 g/mol. The first-order valence-corrected chi connectivity index (χ1v) is 11.6. The van der Waals surface area contributed by atoms with Gasteiger partial charge in [-0.15, -0.1) is 0 Å². The second-order valence-corrected chi connectivity index (χ2v) is 9.83. The van der Waals surface area contributed by atoms with Gasteiger partial charge in [0.2, 0.25) is 11.7 Å². The summed E-state index contributed by atoms with van der Waals surface area (Å²) in [4.78, 5) is 28.6. The number of ether oxygens (including phenoxy) is 2. The van der Waals surface area contributed by atoms with Crippen molar-refractivity contribution < 1.29 is 23.6 Å². The third-order valence-electron chi connectivity index (χ3n) is 6.52. The molecule has 172 valence electrons. The second kappa shape index (κ2) is 8.85. The SMILES string of the molecule is Cc1nc(C(C)(C)Oc2ccc(CCC3(C4CCCC4)CC(=O)CC(=O)O3)cc2Cl)no1. The van der Waals surface area contributed by atoms with Crippen LogP contribution in [0.25, 0.3) is 0 Å². The van der Waals surface area contributed by atoms with Gasteiger partial charge in [0.15, 0.2) is 5.60 Å². The molecule has 1 unspecified atom stereocenters. The highest BCUT2D eigenvalue weighted by molar-refractivity contribution is 6.32. The third kappa shape index (κ3) is 4.82. The van der Waals surface area contributed by atoms with Gasteiger partial charge in [0.25, 0.3) is 0 Å². The molecule has 8 heteroatoms. The number of carbonyl (C=O) groups excluding carboxylic acids is 2. The average molecular weight is 461 g/mol. The Hall–Kier alpha value is -2.41. The first-order valence-electron chi connectivity index (χ1n) is 11.2. The minimum Gasteiger partial charge on any atom is -0.478 e. The van der Waals surface area contributed by atoms with Crippen LogP contribution in [0.3, 0.4) is 0 Å². The van der Waals surface area contributed by atoms with Crippen LogP contribution >= 0.6 is 11.6 Å².